The number of sulfone groups is 1. The summed E-state index contributed by atoms with van der Waals surface area (Å²) in [4.78, 5) is 5.95. The van der Waals surface area contributed by atoms with Crippen molar-refractivity contribution in [2.45, 2.75) is 9.92 Å². The molecule has 0 aliphatic rings. The van der Waals surface area contributed by atoms with Gasteiger partial charge >= 0.3 is 0 Å². The Morgan fingerprint density at radius 3 is 2.20 bits per heavy atom. The first-order chi connectivity index (χ1) is 11.8. The highest BCUT2D eigenvalue weighted by Crippen LogP contribution is 2.34. The maximum atomic E-state index is 13.0. The molecule has 3 rings (SSSR count). The van der Waals surface area contributed by atoms with Gasteiger partial charge in [-0.25, -0.2) is 8.42 Å². The molecule has 0 atom stereocenters. The predicted octanol–water partition coefficient (Wildman–Crippen LogP) is 4.66. The Balaban J connectivity index is 2.14. The SMILES string of the molecule is CN(C)c1oc(-c2ccc(Br)cc2)nc1S(=O)(=O)c1ccc(Cl)cc1. The molecule has 0 amide bonds. The molecule has 0 N–H and O–H groups in total. The zero-order valence-electron chi connectivity index (χ0n) is 13.4. The van der Waals surface area contributed by atoms with Crippen molar-refractivity contribution in [3.63, 3.8) is 0 Å². The summed E-state index contributed by atoms with van der Waals surface area (Å²) < 4.78 is 32.6. The van der Waals surface area contributed by atoms with E-state index < -0.39 is 9.84 Å². The molecule has 25 heavy (non-hydrogen) atoms. The Labute approximate surface area is 159 Å². The molecule has 5 nitrogen and oxygen atoms in total. The van der Waals surface area contributed by atoms with E-state index in [-0.39, 0.29) is 21.7 Å². The van der Waals surface area contributed by atoms with Crippen LogP contribution >= 0.6 is 27.5 Å². The van der Waals surface area contributed by atoms with E-state index in [9.17, 15) is 8.42 Å². The van der Waals surface area contributed by atoms with Gasteiger partial charge in [-0.05, 0) is 48.5 Å². The first kappa shape index (κ1) is 18.0. The van der Waals surface area contributed by atoms with E-state index in [2.05, 4.69) is 20.9 Å². The molecule has 8 heteroatoms. The van der Waals surface area contributed by atoms with Crippen LogP contribution in [-0.2, 0) is 9.84 Å². The fraction of sp³-hybridized carbons (Fsp3) is 0.118. The number of nitrogens with zero attached hydrogens (tertiary/aromatic N) is 2. The summed E-state index contributed by atoms with van der Waals surface area (Å²) in [7, 11) is -0.439. The molecule has 0 saturated heterocycles. The van der Waals surface area contributed by atoms with Crippen LogP contribution in [0.3, 0.4) is 0 Å². The maximum absolute atomic E-state index is 13.0. The molecule has 0 aliphatic carbocycles. The number of hydrogen-bond donors (Lipinski definition) is 0. The van der Waals surface area contributed by atoms with Crippen molar-refractivity contribution >= 4 is 43.3 Å². The molecule has 0 unspecified atom stereocenters. The van der Waals surface area contributed by atoms with Gasteiger partial charge in [-0.1, -0.05) is 27.5 Å². The Hall–Kier alpha value is -1.83. The Morgan fingerprint density at radius 1 is 1.04 bits per heavy atom. The lowest BCUT2D eigenvalue weighted by Crippen LogP contribution is -2.13. The first-order valence-electron chi connectivity index (χ1n) is 7.24. The van der Waals surface area contributed by atoms with Gasteiger partial charge in [-0.2, -0.15) is 4.98 Å². The Kier molecular flexibility index (Phi) is 4.90. The highest BCUT2D eigenvalue weighted by atomic mass is 79.9. The van der Waals surface area contributed by atoms with E-state index in [1.54, 1.807) is 31.1 Å². The Morgan fingerprint density at radius 2 is 1.64 bits per heavy atom. The number of aromatic nitrogens is 1. The summed E-state index contributed by atoms with van der Waals surface area (Å²) in [5.74, 6) is 0.414. The molecule has 0 saturated carbocycles. The second-order valence-electron chi connectivity index (χ2n) is 5.49. The first-order valence-corrected chi connectivity index (χ1v) is 9.89. The Bertz CT molecular complexity index is 997. The fourth-order valence-electron chi connectivity index (χ4n) is 2.20. The minimum atomic E-state index is -3.84. The van der Waals surface area contributed by atoms with Crippen molar-refractivity contribution in [3.05, 3.63) is 58.0 Å². The largest absolute Gasteiger partial charge is 0.419 e. The van der Waals surface area contributed by atoms with Crippen molar-refractivity contribution in [1.29, 1.82) is 0 Å². The van der Waals surface area contributed by atoms with Gasteiger partial charge in [0.15, 0.2) is 0 Å². The van der Waals surface area contributed by atoms with Gasteiger partial charge in [0.1, 0.15) is 0 Å². The molecule has 1 aromatic heterocycles. The van der Waals surface area contributed by atoms with Crippen molar-refractivity contribution in [2.75, 3.05) is 19.0 Å². The van der Waals surface area contributed by atoms with Crippen LogP contribution in [0.5, 0.6) is 0 Å². The van der Waals surface area contributed by atoms with Crippen molar-refractivity contribution in [1.82, 2.24) is 4.98 Å². The minimum Gasteiger partial charge on any atom is -0.419 e. The summed E-state index contributed by atoms with van der Waals surface area (Å²) in [6.45, 7) is 0. The highest BCUT2D eigenvalue weighted by molar-refractivity contribution is 9.10. The lowest BCUT2D eigenvalue weighted by Gasteiger charge is -2.10. The second-order valence-corrected chi connectivity index (χ2v) is 8.71. The van der Waals surface area contributed by atoms with Crippen LogP contribution in [-0.4, -0.2) is 27.5 Å². The van der Waals surface area contributed by atoms with E-state index >= 15 is 0 Å². The standard InChI is InChI=1S/C17H14BrClN2O3S/c1-21(2)17-16(25(22,23)14-9-7-13(19)8-10-14)20-15(24-17)11-3-5-12(18)6-4-11/h3-10H,1-2H3. The van der Waals surface area contributed by atoms with Gasteiger partial charge in [0, 0.05) is 29.2 Å². The second kappa shape index (κ2) is 6.82. The average molecular weight is 442 g/mol. The third-order valence-corrected chi connectivity index (χ3v) is 5.90. The van der Waals surface area contributed by atoms with Crippen LogP contribution in [0.4, 0.5) is 5.88 Å². The summed E-state index contributed by atoms with van der Waals surface area (Å²) in [6.07, 6.45) is 0. The normalized spacial score (nSPS) is 11.5. The van der Waals surface area contributed by atoms with E-state index in [1.165, 1.54) is 24.3 Å². The van der Waals surface area contributed by atoms with Crippen LogP contribution < -0.4 is 4.90 Å². The summed E-state index contributed by atoms with van der Waals surface area (Å²) in [5.41, 5.74) is 0.684. The van der Waals surface area contributed by atoms with Crippen molar-refractivity contribution in [3.8, 4) is 11.5 Å². The number of rotatable bonds is 4. The summed E-state index contributed by atoms with van der Waals surface area (Å²) in [5, 5.41) is 0.334. The van der Waals surface area contributed by atoms with E-state index in [4.69, 9.17) is 16.0 Å². The molecule has 0 aliphatic heterocycles. The molecular weight excluding hydrogens is 428 g/mol. The average Bonchev–Trinajstić information content (AvgIpc) is 3.02. The molecule has 0 radical (unpaired) electrons. The van der Waals surface area contributed by atoms with E-state index in [0.717, 1.165) is 4.47 Å². The minimum absolute atomic E-state index is 0.107. The smallest absolute Gasteiger partial charge is 0.235 e. The topological polar surface area (TPSA) is 63.4 Å². The summed E-state index contributed by atoms with van der Waals surface area (Å²) >= 11 is 9.21. The number of oxazole rings is 1. The number of hydrogen-bond acceptors (Lipinski definition) is 5. The monoisotopic (exact) mass is 440 g/mol. The molecule has 130 valence electrons. The van der Waals surface area contributed by atoms with Crippen molar-refractivity contribution < 1.29 is 12.8 Å². The third kappa shape index (κ3) is 3.58. The van der Waals surface area contributed by atoms with Gasteiger partial charge in [-0.3, -0.25) is 0 Å². The quantitative estimate of drug-likeness (QED) is 0.589. The van der Waals surface area contributed by atoms with Crippen LogP contribution in [0.15, 0.2) is 67.3 Å². The number of halogens is 2. The molecule has 0 spiro atoms. The molecule has 3 aromatic rings. The van der Waals surface area contributed by atoms with Crippen LogP contribution in [0.1, 0.15) is 0 Å². The molecule has 0 fully saturated rings. The fourth-order valence-corrected chi connectivity index (χ4v) is 3.96. The maximum Gasteiger partial charge on any atom is 0.235 e. The lowest BCUT2D eigenvalue weighted by atomic mass is 10.2. The molecule has 0 bridgehead atoms. The zero-order chi connectivity index (χ0) is 18.2. The molecule has 1 heterocycles. The third-order valence-electron chi connectivity index (χ3n) is 3.46. The molecular formula is C17H14BrClN2O3S. The molecule has 2 aromatic carbocycles. The van der Waals surface area contributed by atoms with Gasteiger partial charge in [0.2, 0.25) is 26.6 Å². The van der Waals surface area contributed by atoms with Crippen molar-refractivity contribution in [2.24, 2.45) is 0 Å². The summed E-state index contributed by atoms with van der Waals surface area (Å²) in [6, 6.07) is 13.2. The van der Waals surface area contributed by atoms with Gasteiger partial charge in [0.25, 0.3) is 0 Å². The number of anilines is 1. The van der Waals surface area contributed by atoms with Crippen LogP contribution in [0.25, 0.3) is 11.5 Å². The predicted molar refractivity (Wildman–Crippen MR) is 101 cm³/mol. The lowest BCUT2D eigenvalue weighted by molar-refractivity contribution is 0.564. The van der Waals surface area contributed by atoms with E-state index in [1.807, 2.05) is 12.1 Å². The zero-order valence-corrected chi connectivity index (χ0v) is 16.6. The van der Waals surface area contributed by atoms with Gasteiger partial charge in [0.05, 0.1) is 4.90 Å². The van der Waals surface area contributed by atoms with Gasteiger partial charge in [-0.15, -0.1) is 0 Å². The highest BCUT2D eigenvalue weighted by Gasteiger charge is 2.29. The van der Waals surface area contributed by atoms with Gasteiger partial charge < -0.3 is 9.32 Å². The number of benzene rings is 2. The van der Waals surface area contributed by atoms with Crippen LogP contribution in [0, 0.1) is 0 Å². The van der Waals surface area contributed by atoms with E-state index in [0.29, 0.717) is 10.6 Å². The van der Waals surface area contributed by atoms with Crippen LogP contribution in [0.2, 0.25) is 5.02 Å².